The molecule has 0 bridgehead atoms. The monoisotopic (exact) mass is 412 g/mol. The SMILES string of the molecule is CN(CCCNC(=O)N1CCC(C(=O)NCc2ccco2)CC1)Cc1ccccc1. The average Bonchev–Trinajstić information content (AvgIpc) is 3.29. The molecule has 30 heavy (non-hydrogen) atoms. The highest BCUT2D eigenvalue weighted by Crippen LogP contribution is 2.17. The molecular formula is C23H32N4O3. The molecule has 1 aromatic carbocycles. The van der Waals surface area contributed by atoms with E-state index in [1.807, 2.05) is 17.0 Å². The van der Waals surface area contributed by atoms with E-state index >= 15 is 0 Å². The fourth-order valence-electron chi connectivity index (χ4n) is 3.71. The molecule has 1 aliphatic heterocycles. The number of benzene rings is 1. The Bertz CT molecular complexity index is 771. The third-order valence-corrected chi connectivity index (χ3v) is 5.46. The van der Waals surface area contributed by atoms with Crippen molar-refractivity contribution >= 4 is 11.9 Å². The molecule has 1 aromatic heterocycles. The van der Waals surface area contributed by atoms with Crippen LogP contribution in [0, 0.1) is 5.92 Å². The summed E-state index contributed by atoms with van der Waals surface area (Å²) in [6.45, 7) is 4.11. The van der Waals surface area contributed by atoms with Gasteiger partial charge in [-0.2, -0.15) is 0 Å². The van der Waals surface area contributed by atoms with Crippen molar-refractivity contribution in [2.75, 3.05) is 33.2 Å². The number of urea groups is 1. The summed E-state index contributed by atoms with van der Waals surface area (Å²) >= 11 is 0. The molecule has 0 atom stereocenters. The van der Waals surface area contributed by atoms with E-state index in [2.05, 4.69) is 46.8 Å². The van der Waals surface area contributed by atoms with Crippen molar-refractivity contribution in [2.45, 2.75) is 32.4 Å². The number of likely N-dealkylation sites (tertiary alicyclic amines) is 1. The summed E-state index contributed by atoms with van der Waals surface area (Å²) in [6, 6.07) is 14.0. The van der Waals surface area contributed by atoms with Crippen LogP contribution in [0.2, 0.25) is 0 Å². The Morgan fingerprint density at radius 3 is 2.57 bits per heavy atom. The lowest BCUT2D eigenvalue weighted by Gasteiger charge is -2.31. The number of hydrogen-bond donors (Lipinski definition) is 2. The summed E-state index contributed by atoms with van der Waals surface area (Å²) in [6.07, 6.45) is 3.88. The fraction of sp³-hybridized carbons (Fsp3) is 0.478. The maximum Gasteiger partial charge on any atom is 0.317 e. The molecule has 1 aliphatic rings. The topological polar surface area (TPSA) is 77.8 Å². The Hall–Kier alpha value is -2.80. The van der Waals surface area contributed by atoms with Gasteiger partial charge in [0.15, 0.2) is 0 Å². The Labute approximate surface area is 178 Å². The molecule has 0 radical (unpaired) electrons. The Morgan fingerprint density at radius 1 is 1.10 bits per heavy atom. The minimum Gasteiger partial charge on any atom is -0.467 e. The van der Waals surface area contributed by atoms with Gasteiger partial charge >= 0.3 is 6.03 Å². The van der Waals surface area contributed by atoms with E-state index in [1.165, 1.54) is 5.56 Å². The van der Waals surface area contributed by atoms with Crippen molar-refractivity contribution < 1.29 is 14.0 Å². The van der Waals surface area contributed by atoms with Gasteiger partial charge in [0.05, 0.1) is 12.8 Å². The Morgan fingerprint density at radius 2 is 1.87 bits per heavy atom. The van der Waals surface area contributed by atoms with Crippen LogP contribution in [0.5, 0.6) is 0 Å². The molecule has 7 heteroatoms. The van der Waals surface area contributed by atoms with Gasteiger partial charge in [-0.1, -0.05) is 30.3 Å². The summed E-state index contributed by atoms with van der Waals surface area (Å²) in [7, 11) is 2.09. The minimum absolute atomic E-state index is 0.0323. The zero-order valence-electron chi connectivity index (χ0n) is 17.7. The molecule has 0 saturated carbocycles. The number of hydrogen-bond acceptors (Lipinski definition) is 4. The van der Waals surface area contributed by atoms with Crippen molar-refractivity contribution in [3.8, 4) is 0 Å². The molecule has 7 nitrogen and oxygen atoms in total. The first kappa shape index (κ1) is 21.9. The molecule has 3 rings (SSSR count). The second-order valence-electron chi connectivity index (χ2n) is 7.87. The number of carbonyl (C=O) groups is 2. The lowest BCUT2D eigenvalue weighted by Crippen LogP contribution is -2.47. The molecule has 0 spiro atoms. The van der Waals surface area contributed by atoms with Gasteiger partial charge in [-0.25, -0.2) is 4.79 Å². The normalized spacial score (nSPS) is 14.7. The number of furan rings is 1. The van der Waals surface area contributed by atoms with Crippen molar-refractivity contribution in [1.29, 1.82) is 0 Å². The van der Waals surface area contributed by atoms with Gasteiger partial charge in [-0.15, -0.1) is 0 Å². The number of nitrogens with one attached hydrogen (secondary N) is 2. The van der Waals surface area contributed by atoms with Crippen molar-refractivity contribution in [1.82, 2.24) is 20.4 Å². The Kier molecular flexibility index (Phi) is 8.32. The lowest BCUT2D eigenvalue weighted by atomic mass is 9.96. The maximum absolute atomic E-state index is 12.4. The molecular weight excluding hydrogens is 380 g/mol. The van der Waals surface area contributed by atoms with Crippen LogP contribution < -0.4 is 10.6 Å². The van der Waals surface area contributed by atoms with Crippen LogP contribution in [-0.4, -0.2) is 55.0 Å². The van der Waals surface area contributed by atoms with E-state index in [9.17, 15) is 9.59 Å². The second kappa shape index (κ2) is 11.4. The summed E-state index contributed by atoms with van der Waals surface area (Å²) in [5, 5.41) is 5.92. The molecule has 3 amide bonds. The van der Waals surface area contributed by atoms with Crippen molar-refractivity contribution in [3.05, 3.63) is 60.1 Å². The summed E-state index contributed by atoms with van der Waals surface area (Å²) in [5.41, 5.74) is 1.29. The van der Waals surface area contributed by atoms with Crippen LogP contribution in [0.15, 0.2) is 53.1 Å². The predicted octanol–water partition coefficient (Wildman–Crippen LogP) is 2.84. The van der Waals surface area contributed by atoms with Gasteiger partial charge in [0, 0.05) is 32.1 Å². The molecule has 2 heterocycles. The zero-order chi connectivity index (χ0) is 21.2. The third kappa shape index (κ3) is 6.91. The smallest absolute Gasteiger partial charge is 0.317 e. The van der Waals surface area contributed by atoms with E-state index in [0.717, 1.165) is 25.3 Å². The van der Waals surface area contributed by atoms with Crippen LogP contribution in [0.1, 0.15) is 30.6 Å². The van der Waals surface area contributed by atoms with E-state index in [1.54, 1.807) is 12.3 Å². The Balaban J connectivity index is 1.27. The van der Waals surface area contributed by atoms with Crippen molar-refractivity contribution in [2.24, 2.45) is 5.92 Å². The molecule has 162 valence electrons. The largest absolute Gasteiger partial charge is 0.467 e. The van der Waals surface area contributed by atoms with Crippen LogP contribution in [0.4, 0.5) is 4.79 Å². The average molecular weight is 413 g/mol. The summed E-state index contributed by atoms with van der Waals surface area (Å²) in [5.74, 6) is 0.734. The van der Waals surface area contributed by atoms with Gasteiger partial charge in [0.1, 0.15) is 5.76 Å². The van der Waals surface area contributed by atoms with E-state index in [0.29, 0.717) is 39.0 Å². The molecule has 2 aromatic rings. The van der Waals surface area contributed by atoms with E-state index < -0.39 is 0 Å². The van der Waals surface area contributed by atoms with Gasteiger partial charge in [0.2, 0.25) is 5.91 Å². The predicted molar refractivity (Wildman–Crippen MR) is 116 cm³/mol. The number of nitrogens with zero attached hydrogens (tertiary/aromatic N) is 2. The molecule has 1 saturated heterocycles. The first-order valence-electron chi connectivity index (χ1n) is 10.7. The van der Waals surface area contributed by atoms with Gasteiger partial charge in [-0.05, 0) is 50.6 Å². The highest BCUT2D eigenvalue weighted by molar-refractivity contribution is 5.79. The van der Waals surface area contributed by atoms with Crippen LogP contribution in [0.25, 0.3) is 0 Å². The first-order chi connectivity index (χ1) is 14.6. The number of amides is 3. The molecule has 0 aliphatic carbocycles. The molecule has 2 N–H and O–H groups in total. The first-order valence-corrected chi connectivity index (χ1v) is 10.7. The second-order valence-corrected chi connectivity index (χ2v) is 7.87. The standard InChI is InChI=1S/C23H32N4O3/c1-26(18-19-7-3-2-4-8-19)13-6-12-24-23(29)27-14-10-20(11-15-27)22(28)25-17-21-9-5-16-30-21/h2-5,7-9,16,20H,6,10-15,17-18H2,1H3,(H,24,29)(H,25,28). The fourth-order valence-corrected chi connectivity index (χ4v) is 3.71. The quantitative estimate of drug-likeness (QED) is 0.621. The lowest BCUT2D eigenvalue weighted by molar-refractivity contribution is -0.126. The summed E-state index contributed by atoms with van der Waals surface area (Å²) < 4.78 is 5.23. The maximum atomic E-state index is 12.4. The van der Waals surface area contributed by atoms with E-state index in [-0.39, 0.29) is 17.9 Å². The van der Waals surface area contributed by atoms with Crippen LogP contribution in [0.3, 0.4) is 0 Å². The number of carbonyl (C=O) groups excluding carboxylic acids is 2. The number of piperidine rings is 1. The van der Waals surface area contributed by atoms with Crippen molar-refractivity contribution in [3.63, 3.8) is 0 Å². The van der Waals surface area contributed by atoms with Gasteiger partial charge in [0.25, 0.3) is 0 Å². The zero-order valence-corrected chi connectivity index (χ0v) is 17.7. The summed E-state index contributed by atoms with van der Waals surface area (Å²) in [4.78, 5) is 28.7. The highest BCUT2D eigenvalue weighted by Gasteiger charge is 2.27. The molecule has 0 unspecified atom stereocenters. The third-order valence-electron chi connectivity index (χ3n) is 5.46. The van der Waals surface area contributed by atoms with E-state index in [4.69, 9.17) is 4.42 Å². The number of rotatable bonds is 9. The van der Waals surface area contributed by atoms with Crippen LogP contribution in [-0.2, 0) is 17.9 Å². The van der Waals surface area contributed by atoms with Crippen LogP contribution >= 0.6 is 0 Å². The van der Waals surface area contributed by atoms with Gasteiger partial charge < -0.3 is 24.9 Å². The highest BCUT2D eigenvalue weighted by atomic mass is 16.3. The minimum atomic E-state index is -0.0457. The van der Waals surface area contributed by atoms with Gasteiger partial charge in [-0.3, -0.25) is 4.79 Å². The molecule has 1 fully saturated rings.